The zero-order valence-corrected chi connectivity index (χ0v) is 18.5. The summed E-state index contributed by atoms with van der Waals surface area (Å²) in [7, 11) is 0. The molecule has 1 saturated heterocycles. The van der Waals surface area contributed by atoms with Gasteiger partial charge in [0.25, 0.3) is 5.91 Å². The summed E-state index contributed by atoms with van der Waals surface area (Å²) in [6.45, 7) is 4.28. The molecule has 0 saturated carbocycles. The number of nitrogens with one attached hydrogen (secondary N) is 1. The number of likely N-dealkylation sites (tertiary alicyclic amines) is 1. The van der Waals surface area contributed by atoms with E-state index in [-0.39, 0.29) is 11.9 Å². The molecule has 1 amide bonds. The summed E-state index contributed by atoms with van der Waals surface area (Å²) in [5, 5.41) is 12.6. The van der Waals surface area contributed by atoms with Crippen LogP contribution in [0.5, 0.6) is 0 Å². The van der Waals surface area contributed by atoms with E-state index < -0.39 is 6.04 Å². The molecular weight excluding hydrogens is 439 g/mol. The van der Waals surface area contributed by atoms with Crippen molar-refractivity contribution in [2.24, 2.45) is 0 Å². The lowest BCUT2D eigenvalue weighted by Gasteiger charge is -2.33. The van der Waals surface area contributed by atoms with Crippen LogP contribution in [-0.4, -0.2) is 37.3 Å². The van der Waals surface area contributed by atoms with Crippen LogP contribution in [0.4, 0.5) is 5.82 Å². The first-order chi connectivity index (χ1) is 14.9. The molecule has 2 aliphatic rings. The molecule has 160 valence electrons. The van der Waals surface area contributed by atoms with Gasteiger partial charge in [0.05, 0.1) is 21.8 Å². The highest BCUT2D eigenvalue weighted by Crippen LogP contribution is 2.41. The monoisotopic (exact) mass is 458 g/mol. The third-order valence-electron chi connectivity index (χ3n) is 5.74. The molecule has 2 aromatic heterocycles. The molecule has 10 heteroatoms. The third kappa shape index (κ3) is 3.40. The lowest BCUT2D eigenvalue weighted by molar-refractivity contribution is -0.129. The fraction of sp³-hybridized carbons (Fsp3) is 0.333. The molecule has 0 bridgehead atoms. The molecular formula is C21H20Cl2N6O2. The van der Waals surface area contributed by atoms with Crippen molar-refractivity contribution < 1.29 is 9.32 Å². The molecule has 0 spiro atoms. The fourth-order valence-electron chi connectivity index (χ4n) is 4.34. The van der Waals surface area contributed by atoms with Gasteiger partial charge in [0.1, 0.15) is 17.9 Å². The Morgan fingerprint density at radius 3 is 2.81 bits per heavy atom. The molecule has 2 unspecified atom stereocenters. The predicted molar refractivity (Wildman–Crippen MR) is 116 cm³/mol. The van der Waals surface area contributed by atoms with Crippen LogP contribution in [0.25, 0.3) is 0 Å². The molecule has 4 heterocycles. The van der Waals surface area contributed by atoms with Crippen LogP contribution in [0.15, 0.2) is 46.3 Å². The molecule has 0 radical (unpaired) electrons. The molecule has 8 nitrogen and oxygen atoms in total. The Bertz CT molecular complexity index is 1200. The van der Waals surface area contributed by atoms with Crippen molar-refractivity contribution in [1.82, 2.24) is 24.8 Å². The number of carbonyl (C=O) groups is 1. The van der Waals surface area contributed by atoms with Crippen LogP contribution in [0, 0.1) is 6.92 Å². The number of halogens is 2. The largest absolute Gasteiger partial charge is 0.344 e. The topological polar surface area (TPSA) is 89.1 Å². The minimum atomic E-state index is -0.445. The van der Waals surface area contributed by atoms with Gasteiger partial charge >= 0.3 is 0 Å². The maximum absolute atomic E-state index is 13.9. The van der Waals surface area contributed by atoms with Crippen LogP contribution in [0.1, 0.15) is 49.1 Å². The Hall–Kier alpha value is -2.84. The first-order valence-electron chi connectivity index (χ1n) is 10.0. The zero-order valence-electron chi connectivity index (χ0n) is 17.0. The second-order valence-electron chi connectivity index (χ2n) is 7.74. The SMILES string of the molecule is CC1=C(C(=O)N2CCCC2c2nc(C)no2)C(c2ccc(Cl)c(Cl)c2)n2nccc2N1. The van der Waals surface area contributed by atoms with E-state index in [0.717, 1.165) is 29.9 Å². The van der Waals surface area contributed by atoms with Crippen molar-refractivity contribution in [3.05, 3.63) is 69.1 Å². The molecule has 31 heavy (non-hydrogen) atoms. The number of anilines is 1. The predicted octanol–water partition coefficient (Wildman–Crippen LogP) is 4.53. The van der Waals surface area contributed by atoms with Gasteiger partial charge in [0.15, 0.2) is 5.82 Å². The number of hydrogen-bond donors (Lipinski definition) is 1. The maximum Gasteiger partial charge on any atom is 0.254 e. The van der Waals surface area contributed by atoms with Gasteiger partial charge in [-0.1, -0.05) is 34.4 Å². The quantitative estimate of drug-likeness (QED) is 0.619. The van der Waals surface area contributed by atoms with E-state index in [4.69, 9.17) is 27.7 Å². The normalized spacial score (nSPS) is 20.7. The van der Waals surface area contributed by atoms with E-state index in [1.54, 1.807) is 29.9 Å². The second kappa shape index (κ2) is 7.69. The molecule has 1 N–H and O–H groups in total. The number of benzene rings is 1. The van der Waals surface area contributed by atoms with Gasteiger partial charge in [0, 0.05) is 18.3 Å². The van der Waals surface area contributed by atoms with Crippen LogP contribution >= 0.6 is 23.2 Å². The number of carbonyl (C=O) groups excluding carboxylic acids is 1. The average molecular weight is 459 g/mol. The Morgan fingerprint density at radius 1 is 1.23 bits per heavy atom. The molecule has 1 fully saturated rings. The van der Waals surface area contributed by atoms with Crippen molar-refractivity contribution in [1.29, 1.82) is 0 Å². The number of rotatable bonds is 3. The summed E-state index contributed by atoms with van der Waals surface area (Å²) < 4.78 is 7.18. The van der Waals surface area contributed by atoms with Crippen LogP contribution in [0.2, 0.25) is 10.0 Å². The van der Waals surface area contributed by atoms with E-state index in [0.29, 0.717) is 33.9 Å². The maximum atomic E-state index is 13.9. The van der Waals surface area contributed by atoms with Crippen LogP contribution in [0.3, 0.4) is 0 Å². The minimum absolute atomic E-state index is 0.0967. The highest BCUT2D eigenvalue weighted by Gasteiger charge is 2.40. The summed E-state index contributed by atoms with van der Waals surface area (Å²) >= 11 is 12.5. The number of amides is 1. The van der Waals surface area contributed by atoms with Gasteiger partial charge in [-0.15, -0.1) is 0 Å². The van der Waals surface area contributed by atoms with Crippen LogP contribution < -0.4 is 5.32 Å². The van der Waals surface area contributed by atoms with Gasteiger partial charge < -0.3 is 14.7 Å². The van der Waals surface area contributed by atoms with Gasteiger partial charge in [-0.3, -0.25) is 4.79 Å². The molecule has 2 aliphatic heterocycles. The first-order valence-corrected chi connectivity index (χ1v) is 10.8. The number of fused-ring (bicyclic) bond motifs is 1. The lowest BCUT2D eigenvalue weighted by atomic mass is 9.94. The van der Waals surface area contributed by atoms with E-state index in [1.165, 1.54) is 0 Å². The summed E-state index contributed by atoms with van der Waals surface area (Å²) in [6, 6.07) is 6.58. The van der Waals surface area contributed by atoms with Gasteiger partial charge in [-0.05, 0) is 44.4 Å². The van der Waals surface area contributed by atoms with Crippen molar-refractivity contribution in [3.8, 4) is 0 Å². The van der Waals surface area contributed by atoms with Crippen molar-refractivity contribution >= 4 is 34.9 Å². The average Bonchev–Trinajstić information content (AvgIpc) is 3.48. The number of aryl methyl sites for hydroxylation is 1. The van der Waals surface area contributed by atoms with Crippen LogP contribution in [-0.2, 0) is 4.79 Å². The van der Waals surface area contributed by atoms with Crippen molar-refractivity contribution in [2.45, 2.75) is 38.8 Å². The van der Waals surface area contributed by atoms with Gasteiger partial charge in [-0.25, -0.2) is 4.68 Å². The fourth-order valence-corrected chi connectivity index (χ4v) is 4.65. The van der Waals surface area contributed by atoms with Gasteiger partial charge in [-0.2, -0.15) is 10.1 Å². The summed E-state index contributed by atoms with van der Waals surface area (Å²) in [6.07, 6.45) is 3.34. The molecule has 2 atom stereocenters. The summed E-state index contributed by atoms with van der Waals surface area (Å²) in [5.74, 6) is 1.73. The Morgan fingerprint density at radius 2 is 2.06 bits per heavy atom. The minimum Gasteiger partial charge on any atom is -0.344 e. The molecule has 5 rings (SSSR count). The van der Waals surface area contributed by atoms with E-state index in [2.05, 4.69) is 20.6 Å². The Balaban J connectivity index is 1.58. The molecule has 1 aromatic carbocycles. The number of hydrogen-bond acceptors (Lipinski definition) is 6. The highest BCUT2D eigenvalue weighted by molar-refractivity contribution is 6.42. The van der Waals surface area contributed by atoms with E-state index in [9.17, 15) is 4.79 Å². The molecule has 0 aliphatic carbocycles. The number of aromatic nitrogens is 4. The standard InChI is InChI=1S/C21H20Cl2N6O2/c1-11-18(21(30)28-9-3-4-16(28)20-26-12(2)27-31-20)19(29-17(25-11)7-8-24-29)13-5-6-14(22)15(23)10-13/h5-8,10,16,19,25H,3-4,9H2,1-2H3. The van der Waals surface area contributed by atoms with Gasteiger partial charge in [0.2, 0.25) is 5.89 Å². The second-order valence-corrected chi connectivity index (χ2v) is 8.55. The van der Waals surface area contributed by atoms with Crippen molar-refractivity contribution in [2.75, 3.05) is 11.9 Å². The highest BCUT2D eigenvalue weighted by atomic mass is 35.5. The van der Waals surface area contributed by atoms with E-state index in [1.807, 2.05) is 24.0 Å². The number of nitrogens with zero attached hydrogens (tertiary/aromatic N) is 5. The summed E-state index contributed by atoms with van der Waals surface area (Å²) in [4.78, 5) is 20.1. The zero-order chi connectivity index (χ0) is 21.7. The molecule has 3 aromatic rings. The Kier molecular flexibility index (Phi) is 4.98. The first kappa shape index (κ1) is 20.1. The van der Waals surface area contributed by atoms with Crippen molar-refractivity contribution in [3.63, 3.8) is 0 Å². The van der Waals surface area contributed by atoms with E-state index >= 15 is 0 Å². The smallest absolute Gasteiger partial charge is 0.254 e. The summed E-state index contributed by atoms with van der Waals surface area (Å²) in [5.41, 5.74) is 2.19. The third-order valence-corrected chi connectivity index (χ3v) is 6.48. The lowest BCUT2D eigenvalue weighted by Crippen LogP contribution is -2.38. The number of allylic oxidation sites excluding steroid dienone is 1. The Labute approximate surface area is 188 Å².